The molecule has 4 rings (SSSR count). The molecular weight excluding hydrogens is 520 g/mol. The maximum Gasteiger partial charge on any atom is 0.432 e. The van der Waals surface area contributed by atoms with E-state index in [1.54, 1.807) is 6.07 Å². The number of halogens is 8. The molecule has 0 saturated heterocycles. The summed E-state index contributed by atoms with van der Waals surface area (Å²) < 4.78 is 120. The van der Waals surface area contributed by atoms with Crippen LogP contribution in [-0.4, -0.2) is 0 Å². The van der Waals surface area contributed by atoms with Crippen molar-refractivity contribution in [3.63, 3.8) is 0 Å². The molecule has 0 spiro atoms. The highest BCUT2D eigenvalue weighted by atomic mass is 19.3. The van der Waals surface area contributed by atoms with Crippen molar-refractivity contribution in [3.8, 4) is 40.1 Å². The molecule has 0 atom stereocenters. The summed E-state index contributed by atoms with van der Waals surface area (Å²) in [6.45, 7) is 0. The molecule has 0 saturated carbocycles. The molecule has 11 heteroatoms. The summed E-state index contributed by atoms with van der Waals surface area (Å²) in [6.07, 6.45) is -4.67. The third kappa shape index (κ3) is 4.87. The minimum Gasteiger partial charge on any atom is -0.429 e. The van der Waals surface area contributed by atoms with E-state index >= 15 is 0 Å². The van der Waals surface area contributed by atoms with Gasteiger partial charge in [-0.2, -0.15) is 19.3 Å². The van der Waals surface area contributed by atoms with E-state index in [1.165, 1.54) is 12.1 Å². The van der Waals surface area contributed by atoms with E-state index in [-0.39, 0.29) is 16.7 Å². The van der Waals surface area contributed by atoms with Crippen LogP contribution in [0.2, 0.25) is 0 Å². The summed E-state index contributed by atoms with van der Waals surface area (Å²) >= 11 is 0. The molecule has 3 nitrogen and oxygen atoms in total. The summed E-state index contributed by atoms with van der Waals surface area (Å²) in [5.74, 6) is -9.31. The lowest BCUT2D eigenvalue weighted by molar-refractivity contribution is -0.189. The topological polar surface area (TPSA) is 56.8 Å². The standard InChI is InChI=1S/C27H10F8N2O/c28-20-5-13(11-36)1-3-17(20)15-8-24(32)26(25(33)9-15)27(34,35)38-16-2-4-18(23(31)10-16)14-6-21(29)19(12-37)22(30)7-14/h1-10H. The fourth-order valence-corrected chi connectivity index (χ4v) is 3.65. The normalized spacial score (nSPS) is 11.1. The van der Waals surface area contributed by atoms with E-state index < -0.39 is 69.0 Å². The predicted molar refractivity (Wildman–Crippen MR) is 117 cm³/mol. The van der Waals surface area contributed by atoms with Gasteiger partial charge in [0.25, 0.3) is 0 Å². The molecule has 0 aliphatic heterocycles. The van der Waals surface area contributed by atoms with Crippen LogP contribution < -0.4 is 4.74 Å². The first kappa shape index (κ1) is 26.2. The van der Waals surface area contributed by atoms with Crippen LogP contribution in [-0.2, 0) is 6.11 Å². The van der Waals surface area contributed by atoms with Gasteiger partial charge in [-0.05, 0) is 59.7 Å². The Hall–Kier alpha value is -4.90. The van der Waals surface area contributed by atoms with Crippen molar-refractivity contribution < 1.29 is 39.9 Å². The Balaban J connectivity index is 1.65. The van der Waals surface area contributed by atoms with Gasteiger partial charge in [-0.15, -0.1) is 0 Å². The van der Waals surface area contributed by atoms with Gasteiger partial charge in [0.15, 0.2) is 0 Å². The Bertz CT molecular complexity index is 1630. The Kier molecular flexibility index (Phi) is 6.79. The quantitative estimate of drug-likeness (QED) is 0.248. The van der Waals surface area contributed by atoms with Gasteiger partial charge in [0.2, 0.25) is 0 Å². The van der Waals surface area contributed by atoms with Crippen LogP contribution in [0.1, 0.15) is 16.7 Å². The molecule has 0 aliphatic rings. The zero-order valence-corrected chi connectivity index (χ0v) is 18.6. The van der Waals surface area contributed by atoms with Crippen molar-refractivity contribution >= 4 is 0 Å². The van der Waals surface area contributed by atoms with Crippen LogP contribution >= 0.6 is 0 Å². The molecule has 0 N–H and O–H groups in total. The Morgan fingerprint density at radius 1 is 0.579 bits per heavy atom. The molecule has 4 aromatic carbocycles. The lowest BCUT2D eigenvalue weighted by Gasteiger charge is -2.20. The van der Waals surface area contributed by atoms with Gasteiger partial charge >= 0.3 is 6.11 Å². The molecule has 0 radical (unpaired) electrons. The Labute approximate surface area is 209 Å². The van der Waals surface area contributed by atoms with Crippen molar-refractivity contribution in [1.82, 2.24) is 0 Å². The minimum absolute atomic E-state index is 0.0727. The third-order valence-corrected chi connectivity index (χ3v) is 5.39. The maximum atomic E-state index is 14.8. The van der Waals surface area contributed by atoms with Crippen molar-refractivity contribution in [1.29, 1.82) is 10.5 Å². The summed E-state index contributed by atoms with van der Waals surface area (Å²) in [7, 11) is 0. The molecule has 0 bridgehead atoms. The van der Waals surface area contributed by atoms with E-state index in [2.05, 4.69) is 4.74 Å². The minimum atomic E-state index is -4.67. The second kappa shape index (κ2) is 9.87. The summed E-state index contributed by atoms with van der Waals surface area (Å²) in [4.78, 5) is 0. The highest BCUT2D eigenvalue weighted by Crippen LogP contribution is 2.38. The molecule has 0 aromatic heterocycles. The number of hydrogen-bond donors (Lipinski definition) is 0. The van der Waals surface area contributed by atoms with E-state index in [1.807, 2.05) is 0 Å². The average Bonchev–Trinajstić information content (AvgIpc) is 2.82. The van der Waals surface area contributed by atoms with E-state index in [0.717, 1.165) is 24.3 Å². The summed E-state index contributed by atoms with van der Waals surface area (Å²) in [5.41, 5.74) is -4.38. The van der Waals surface area contributed by atoms with Crippen LogP contribution in [0.15, 0.2) is 60.7 Å². The number of nitriles is 2. The Morgan fingerprint density at radius 3 is 1.55 bits per heavy atom. The van der Waals surface area contributed by atoms with Gasteiger partial charge in [-0.25, -0.2) is 26.3 Å². The van der Waals surface area contributed by atoms with E-state index in [4.69, 9.17) is 10.5 Å². The largest absolute Gasteiger partial charge is 0.432 e. The average molecular weight is 530 g/mol. The number of alkyl halides is 2. The van der Waals surface area contributed by atoms with E-state index in [0.29, 0.717) is 30.3 Å². The zero-order chi connectivity index (χ0) is 27.8. The molecule has 38 heavy (non-hydrogen) atoms. The first-order valence-electron chi connectivity index (χ1n) is 10.4. The van der Waals surface area contributed by atoms with Crippen LogP contribution in [0, 0.1) is 57.6 Å². The number of nitrogens with zero attached hydrogens (tertiary/aromatic N) is 2. The van der Waals surface area contributed by atoms with Gasteiger partial charge in [0, 0.05) is 17.2 Å². The van der Waals surface area contributed by atoms with Gasteiger partial charge in [0.1, 0.15) is 57.8 Å². The molecule has 0 amide bonds. The van der Waals surface area contributed by atoms with Gasteiger partial charge < -0.3 is 4.74 Å². The summed E-state index contributed by atoms with van der Waals surface area (Å²) in [6, 6.07) is 10.2. The Morgan fingerprint density at radius 2 is 1.08 bits per heavy atom. The van der Waals surface area contributed by atoms with Gasteiger partial charge in [-0.1, -0.05) is 6.07 Å². The molecule has 0 aliphatic carbocycles. The van der Waals surface area contributed by atoms with Crippen molar-refractivity contribution in [3.05, 3.63) is 112 Å². The van der Waals surface area contributed by atoms with Crippen LogP contribution in [0.4, 0.5) is 35.1 Å². The number of hydrogen-bond acceptors (Lipinski definition) is 3. The van der Waals surface area contributed by atoms with Crippen molar-refractivity contribution in [2.75, 3.05) is 0 Å². The van der Waals surface area contributed by atoms with Crippen molar-refractivity contribution in [2.45, 2.75) is 6.11 Å². The molecule has 0 fully saturated rings. The second-order valence-corrected chi connectivity index (χ2v) is 7.81. The first-order valence-corrected chi connectivity index (χ1v) is 10.4. The molecule has 190 valence electrons. The predicted octanol–water partition coefficient (Wildman–Crippen LogP) is 7.73. The van der Waals surface area contributed by atoms with E-state index in [9.17, 15) is 35.1 Å². The number of ether oxygens (including phenoxy) is 1. The van der Waals surface area contributed by atoms with Gasteiger partial charge in [-0.3, -0.25) is 0 Å². The number of rotatable bonds is 5. The monoisotopic (exact) mass is 530 g/mol. The molecular formula is C27H10F8N2O. The maximum absolute atomic E-state index is 14.8. The van der Waals surface area contributed by atoms with Crippen LogP contribution in [0.3, 0.4) is 0 Å². The first-order chi connectivity index (χ1) is 17.9. The smallest absolute Gasteiger partial charge is 0.429 e. The zero-order valence-electron chi connectivity index (χ0n) is 18.6. The lowest BCUT2D eigenvalue weighted by atomic mass is 10.0. The fraction of sp³-hybridized carbons (Fsp3) is 0.0370. The van der Waals surface area contributed by atoms with Gasteiger partial charge in [0.05, 0.1) is 11.6 Å². The highest BCUT2D eigenvalue weighted by Gasteiger charge is 2.41. The summed E-state index contributed by atoms with van der Waals surface area (Å²) in [5, 5.41) is 17.5. The molecule has 0 unspecified atom stereocenters. The lowest BCUT2D eigenvalue weighted by Crippen LogP contribution is -2.25. The third-order valence-electron chi connectivity index (χ3n) is 5.39. The second-order valence-electron chi connectivity index (χ2n) is 7.81. The van der Waals surface area contributed by atoms with Crippen LogP contribution in [0.5, 0.6) is 5.75 Å². The van der Waals surface area contributed by atoms with Crippen LogP contribution in [0.25, 0.3) is 22.3 Å². The fourth-order valence-electron chi connectivity index (χ4n) is 3.65. The van der Waals surface area contributed by atoms with Crippen molar-refractivity contribution in [2.24, 2.45) is 0 Å². The SMILES string of the molecule is N#Cc1ccc(-c2cc(F)c(C(F)(F)Oc3ccc(-c4cc(F)c(C#N)c(F)c4)c(F)c3)c(F)c2)c(F)c1. The number of benzene rings is 4. The molecule has 0 heterocycles. The molecule has 4 aromatic rings. The highest BCUT2D eigenvalue weighted by molar-refractivity contribution is 5.67.